The summed E-state index contributed by atoms with van der Waals surface area (Å²) in [6, 6.07) is 19.5. The first-order valence-electron chi connectivity index (χ1n) is 12.4. The molecule has 38 heavy (non-hydrogen) atoms. The highest BCUT2D eigenvalue weighted by atomic mass is 35.5. The lowest BCUT2D eigenvalue weighted by atomic mass is 10.1. The van der Waals surface area contributed by atoms with E-state index in [1.807, 2.05) is 58.0 Å². The number of carbonyl (C=O) groups is 2. The predicted molar refractivity (Wildman–Crippen MR) is 152 cm³/mol. The van der Waals surface area contributed by atoms with Gasteiger partial charge in [0.05, 0.1) is 10.6 Å². The highest BCUT2D eigenvalue weighted by Crippen LogP contribution is 2.26. The molecule has 0 spiro atoms. The topological polar surface area (TPSA) is 86.8 Å². The van der Waals surface area contributed by atoms with E-state index in [0.717, 1.165) is 21.0 Å². The summed E-state index contributed by atoms with van der Waals surface area (Å²) in [5.41, 5.74) is 3.09. The monoisotopic (exact) mass is 555 g/mol. The summed E-state index contributed by atoms with van der Waals surface area (Å²) in [7, 11) is -4.13. The molecule has 3 rings (SSSR count). The van der Waals surface area contributed by atoms with Gasteiger partial charge in [-0.05, 0) is 82.1 Å². The third-order valence-corrected chi connectivity index (χ3v) is 8.08. The van der Waals surface area contributed by atoms with Crippen LogP contribution in [0.15, 0.2) is 77.7 Å². The summed E-state index contributed by atoms with van der Waals surface area (Å²) in [4.78, 5) is 28.2. The van der Waals surface area contributed by atoms with Crippen LogP contribution in [0.5, 0.6) is 0 Å². The fourth-order valence-electron chi connectivity index (χ4n) is 3.92. The van der Waals surface area contributed by atoms with Crippen molar-refractivity contribution >= 4 is 39.1 Å². The molecule has 0 bridgehead atoms. The van der Waals surface area contributed by atoms with Crippen molar-refractivity contribution in [3.8, 4) is 0 Å². The van der Waals surface area contributed by atoms with Gasteiger partial charge >= 0.3 is 0 Å². The molecule has 9 heteroatoms. The Hall–Kier alpha value is -3.36. The highest BCUT2D eigenvalue weighted by Gasteiger charge is 2.32. The zero-order valence-electron chi connectivity index (χ0n) is 22.3. The fraction of sp³-hybridized carbons (Fsp3) is 0.310. The number of amides is 2. The SMILES string of the molecule is Cc1ccc(CN(C(=O)CN(c2cccc(C)c2)S(=O)(=O)c2ccc(Cl)cc2)C(C)C(=O)NC(C)C)cc1. The maximum absolute atomic E-state index is 13.9. The van der Waals surface area contributed by atoms with Crippen LogP contribution < -0.4 is 9.62 Å². The number of nitrogens with zero attached hydrogens (tertiary/aromatic N) is 2. The standard InChI is InChI=1S/C29H34ClN3O4S/c1-20(2)31-29(35)23(5)32(18-24-11-9-21(3)10-12-24)28(34)19-33(26-8-6-7-22(4)17-26)38(36,37)27-15-13-25(30)14-16-27/h6-17,20,23H,18-19H2,1-5H3,(H,31,35). The van der Waals surface area contributed by atoms with Gasteiger partial charge in [0, 0.05) is 17.6 Å². The third kappa shape index (κ3) is 7.36. The average molecular weight is 556 g/mol. The predicted octanol–water partition coefficient (Wildman–Crippen LogP) is 5.09. The molecule has 0 aliphatic rings. The van der Waals surface area contributed by atoms with E-state index in [2.05, 4.69) is 5.32 Å². The molecule has 202 valence electrons. The molecule has 0 aromatic heterocycles. The molecule has 1 N–H and O–H groups in total. The van der Waals surface area contributed by atoms with Crippen LogP contribution in [-0.4, -0.2) is 43.8 Å². The molecule has 0 saturated carbocycles. The maximum Gasteiger partial charge on any atom is 0.264 e. The first-order valence-corrected chi connectivity index (χ1v) is 14.2. The van der Waals surface area contributed by atoms with Crippen molar-refractivity contribution in [2.24, 2.45) is 0 Å². The van der Waals surface area contributed by atoms with E-state index < -0.39 is 28.5 Å². The van der Waals surface area contributed by atoms with E-state index in [1.165, 1.54) is 29.2 Å². The number of carbonyl (C=O) groups excluding carboxylic acids is 2. The lowest BCUT2D eigenvalue weighted by Gasteiger charge is -2.32. The molecule has 3 aromatic carbocycles. The van der Waals surface area contributed by atoms with Crippen LogP contribution in [0, 0.1) is 13.8 Å². The Labute approximate surface area is 230 Å². The van der Waals surface area contributed by atoms with Gasteiger partial charge < -0.3 is 10.2 Å². The van der Waals surface area contributed by atoms with Crippen molar-refractivity contribution in [2.75, 3.05) is 10.8 Å². The van der Waals surface area contributed by atoms with Crippen molar-refractivity contribution < 1.29 is 18.0 Å². The van der Waals surface area contributed by atoms with Gasteiger partial charge in [-0.25, -0.2) is 8.42 Å². The Morgan fingerprint density at radius 1 is 0.895 bits per heavy atom. The molecular weight excluding hydrogens is 522 g/mol. The van der Waals surface area contributed by atoms with Gasteiger partial charge in [0.2, 0.25) is 11.8 Å². The maximum atomic E-state index is 13.9. The van der Waals surface area contributed by atoms with Crippen molar-refractivity contribution in [1.82, 2.24) is 10.2 Å². The molecule has 1 unspecified atom stereocenters. The Bertz CT molecular complexity index is 1370. The average Bonchev–Trinajstić information content (AvgIpc) is 2.86. The first kappa shape index (κ1) is 29.2. The lowest BCUT2D eigenvalue weighted by Crippen LogP contribution is -2.52. The number of benzene rings is 3. The van der Waals surface area contributed by atoms with Crippen LogP contribution in [-0.2, 0) is 26.2 Å². The second kappa shape index (κ2) is 12.5. The zero-order chi connectivity index (χ0) is 28.0. The van der Waals surface area contributed by atoms with Crippen LogP contribution in [0.1, 0.15) is 37.5 Å². The van der Waals surface area contributed by atoms with E-state index in [1.54, 1.807) is 25.1 Å². The van der Waals surface area contributed by atoms with E-state index in [4.69, 9.17) is 11.6 Å². The van der Waals surface area contributed by atoms with E-state index in [9.17, 15) is 18.0 Å². The molecular formula is C29H34ClN3O4S. The van der Waals surface area contributed by atoms with Crippen LogP contribution in [0.4, 0.5) is 5.69 Å². The number of rotatable bonds is 10. The van der Waals surface area contributed by atoms with Gasteiger partial charge in [-0.2, -0.15) is 0 Å². The first-order chi connectivity index (χ1) is 17.9. The van der Waals surface area contributed by atoms with E-state index in [-0.39, 0.29) is 23.4 Å². The molecule has 7 nitrogen and oxygen atoms in total. The van der Waals surface area contributed by atoms with Gasteiger partial charge in [0.25, 0.3) is 10.0 Å². The molecule has 0 aliphatic carbocycles. The van der Waals surface area contributed by atoms with Gasteiger partial charge in [-0.1, -0.05) is 53.6 Å². The molecule has 2 amide bonds. The van der Waals surface area contributed by atoms with Crippen molar-refractivity contribution in [3.05, 3.63) is 94.5 Å². The largest absolute Gasteiger partial charge is 0.352 e. The number of hydrogen-bond acceptors (Lipinski definition) is 4. The van der Waals surface area contributed by atoms with Crippen molar-refractivity contribution in [2.45, 2.75) is 58.1 Å². The number of anilines is 1. The summed E-state index contributed by atoms with van der Waals surface area (Å²) in [6.45, 7) is 8.81. The van der Waals surface area contributed by atoms with Gasteiger partial charge in [0.15, 0.2) is 0 Å². The molecule has 0 aliphatic heterocycles. The summed E-state index contributed by atoms with van der Waals surface area (Å²) < 4.78 is 28.7. The van der Waals surface area contributed by atoms with Crippen molar-refractivity contribution in [3.63, 3.8) is 0 Å². The second-order valence-electron chi connectivity index (χ2n) is 9.65. The van der Waals surface area contributed by atoms with Crippen LogP contribution >= 0.6 is 11.6 Å². The van der Waals surface area contributed by atoms with Gasteiger partial charge in [0.1, 0.15) is 12.6 Å². The van der Waals surface area contributed by atoms with Crippen LogP contribution in [0.3, 0.4) is 0 Å². The number of nitrogens with one attached hydrogen (secondary N) is 1. The minimum atomic E-state index is -4.13. The van der Waals surface area contributed by atoms with Crippen molar-refractivity contribution in [1.29, 1.82) is 0 Å². The highest BCUT2D eigenvalue weighted by molar-refractivity contribution is 7.92. The fourth-order valence-corrected chi connectivity index (χ4v) is 5.46. The molecule has 0 heterocycles. The summed E-state index contributed by atoms with van der Waals surface area (Å²) in [6.07, 6.45) is 0. The summed E-state index contributed by atoms with van der Waals surface area (Å²) >= 11 is 5.99. The van der Waals surface area contributed by atoms with Crippen LogP contribution in [0.2, 0.25) is 5.02 Å². The number of aryl methyl sites for hydroxylation is 2. The number of hydrogen-bond donors (Lipinski definition) is 1. The Morgan fingerprint density at radius 2 is 1.53 bits per heavy atom. The third-order valence-electron chi connectivity index (χ3n) is 6.04. The van der Waals surface area contributed by atoms with E-state index in [0.29, 0.717) is 10.7 Å². The zero-order valence-corrected chi connectivity index (χ0v) is 23.9. The summed E-state index contributed by atoms with van der Waals surface area (Å²) in [5.74, 6) is -0.820. The Balaban J connectivity index is 2.03. The van der Waals surface area contributed by atoms with Gasteiger partial charge in [-0.3, -0.25) is 13.9 Å². The number of sulfonamides is 1. The molecule has 0 radical (unpaired) electrons. The van der Waals surface area contributed by atoms with Gasteiger partial charge in [-0.15, -0.1) is 0 Å². The Kier molecular flexibility index (Phi) is 9.57. The molecule has 0 fully saturated rings. The molecule has 3 aromatic rings. The lowest BCUT2D eigenvalue weighted by molar-refractivity contribution is -0.139. The minimum Gasteiger partial charge on any atom is -0.352 e. The molecule has 0 saturated heterocycles. The second-order valence-corrected chi connectivity index (χ2v) is 11.9. The number of halogens is 1. The molecule has 1 atom stereocenters. The van der Waals surface area contributed by atoms with Crippen LogP contribution in [0.25, 0.3) is 0 Å². The smallest absolute Gasteiger partial charge is 0.264 e. The summed E-state index contributed by atoms with van der Waals surface area (Å²) in [5, 5.41) is 3.25. The quantitative estimate of drug-likeness (QED) is 0.377. The van der Waals surface area contributed by atoms with E-state index >= 15 is 0 Å². The Morgan fingerprint density at radius 3 is 2.11 bits per heavy atom. The normalized spacial score (nSPS) is 12.2. The minimum absolute atomic E-state index is 0.00638.